The molecule has 0 aliphatic carbocycles. The Kier molecular flexibility index (Phi) is 6.06. The van der Waals surface area contributed by atoms with Crippen molar-refractivity contribution in [2.24, 2.45) is 11.3 Å². The lowest BCUT2D eigenvalue weighted by Gasteiger charge is -2.48. The van der Waals surface area contributed by atoms with Crippen molar-refractivity contribution in [1.82, 2.24) is 10.2 Å². The number of hydrogen-bond acceptors (Lipinski definition) is 3. The Morgan fingerprint density at radius 3 is 2.25 bits per heavy atom. The minimum atomic E-state index is -0.0271. The second-order valence-electron chi connectivity index (χ2n) is 8.35. The number of hydrogen-bond donors (Lipinski definition) is 1. The topological polar surface area (TPSA) is 24.5 Å². The molecule has 20 heavy (non-hydrogen) atoms. The molecular weight excluding hydrogens is 248 g/mol. The molecule has 0 bridgehead atoms. The Labute approximate surface area is 126 Å². The average molecular weight is 284 g/mol. The number of rotatable bonds is 5. The van der Waals surface area contributed by atoms with Crippen LogP contribution in [0.3, 0.4) is 0 Å². The number of nitrogens with one attached hydrogen (secondary N) is 1. The summed E-state index contributed by atoms with van der Waals surface area (Å²) in [5, 5.41) is 3.74. The van der Waals surface area contributed by atoms with Gasteiger partial charge in [-0.15, -0.1) is 0 Å². The van der Waals surface area contributed by atoms with Crippen molar-refractivity contribution < 1.29 is 4.74 Å². The quantitative estimate of drug-likeness (QED) is 0.839. The van der Waals surface area contributed by atoms with Gasteiger partial charge in [0.1, 0.15) is 0 Å². The van der Waals surface area contributed by atoms with Crippen LogP contribution in [-0.2, 0) is 4.74 Å². The summed E-state index contributed by atoms with van der Waals surface area (Å²) in [5.41, 5.74) is 0.285. The molecule has 1 N–H and O–H groups in total. The highest BCUT2D eigenvalue weighted by molar-refractivity contribution is 4.93. The molecular formula is C17H36N2O. The van der Waals surface area contributed by atoms with Gasteiger partial charge in [0, 0.05) is 38.8 Å². The van der Waals surface area contributed by atoms with Crippen LogP contribution in [0.5, 0.6) is 0 Å². The fraction of sp³-hybridized carbons (Fsp3) is 1.00. The maximum Gasteiger partial charge on any atom is 0.0634 e. The second-order valence-corrected chi connectivity index (χ2v) is 8.35. The SMILES string of the molecule is COC(C)(C)CCN1CC(C(C)C)NCC1C(C)(C)C. The lowest BCUT2D eigenvalue weighted by Crippen LogP contribution is -2.62. The van der Waals surface area contributed by atoms with Crippen LogP contribution in [0.4, 0.5) is 0 Å². The van der Waals surface area contributed by atoms with Gasteiger partial charge in [-0.3, -0.25) is 4.90 Å². The van der Waals surface area contributed by atoms with E-state index < -0.39 is 0 Å². The summed E-state index contributed by atoms with van der Waals surface area (Å²) < 4.78 is 5.58. The smallest absolute Gasteiger partial charge is 0.0634 e. The first-order valence-corrected chi connectivity index (χ1v) is 8.09. The zero-order chi connectivity index (χ0) is 15.6. The Bertz CT molecular complexity index is 294. The molecule has 120 valence electrons. The van der Waals surface area contributed by atoms with Crippen LogP contribution in [0.1, 0.15) is 54.9 Å². The van der Waals surface area contributed by atoms with Crippen LogP contribution in [0, 0.1) is 11.3 Å². The normalized spacial score (nSPS) is 26.2. The Hall–Kier alpha value is -0.120. The lowest BCUT2D eigenvalue weighted by molar-refractivity contribution is -0.0135. The summed E-state index contributed by atoms with van der Waals surface area (Å²) in [6.45, 7) is 19.4. The van der Waals surface area contributed by atoms with Crippen molar-refractivity contribution in [1.29, 1.82) is 0 Å². The number of piperazine rings is 1. The third-order valence-corrected chi connectivity index (χ3v) is 4.80. The monoisotopic (exact) mass is 284 g/mol. The van der Waals surface area contributed by atoms with E-state index in [4.69, 9.17) is 4.74 Å². The molecule has 1 saturated heterocycles. The molecule has 1 fully saturated rings. The van der Waals surface area contributed by atoms with Crippen LogP contribution >= 0.6 is 0 Å². The summed E-state index contributed by atoms with van der Waals surface area (Å²) in [6.07, 6.45) is 1.08. The molecule has 2 atom stereocenters. The van der Waals surface area contributed by atoms with Crippen LogP contribution in [0.25, 0.3) is 0 Å². The van der Waals surface area contributed by atoms with E-state index in [9.17, 15) is 0 Å². The summed E-state index contributed by atoms with van der Waals surface area (Å²) in [5.74, 6) is 0.689. The summed E-state index contributed by atoms with van der Waals surface area (Å²) in [7, 11) is 1.82. The zero-order valence-electron chi connectivity index (χ0n) is 14.9. The van der Waals surface area contributed by atoms with Gasteiger partial charge in [-0.2, -0.15) is 0 Å². The molecule has 2 unspecified atom stereocenters. The molecule has 3 nitrogen and oxygen atoms in total. The minimum absolute atomic E-state index is 0.0271. The average Bonchev–Trinajstić information content (AvgIpc) is 2.35. The molecule has 0 amide bonds. The van der Waals surface area contributed by atoms with E-state index in [-0.39, 0.29) is 5.60 Å². The van der Waals surface area contributed by atoms with Crippen LogP contribution in [0.2, 0.25) is 0 Å². The van der Waals surface area contributed by atoms with E-state index >= 15 is 0 Å². The Morgan fingerprint density at radius 1 is 1.20 bits per heavy atom. The number of nitrogens with zero attached hydrogens (tertiary/aromatic N) is 1. The second kappa shape index (κ2) is 6.76. The van der Waals surface area contributed by atoms with E-state index in [0.29, 0.717) is 23.4 Å². The van der Waals surface area contributed by atoms with Gasteiger partial charge in [-0.1, -0.05) is 34.6 Å². The van der Waals surface area contributed by atoms with Crippen molar-refractivity contribution >= 4 is 0 Å². The number of ether oxygens (including phenoxy) is 1. The van der Waals surface area contributed by atoms with Crippen molar-refractivity contribution in [2.75, 3.05) is 26.7 Å². The summed E-state index contributed by atoms with van der Waals surface area (Å²) >= 11 is 0. The van der Waals surface area contributed by atoms with Gasteiger partial charge in [-0.25, -0.2) is 0 Å². The molecule has 0 radical (unpaired) electrons. The molecule has 1 aliphatic rings. The van der Waals surface area contributed by atoms with Gasteiger partial charge in [0.25, 0.3) is 0 Å². The summed E-state index contributed by atoms with van der Waals surface area (Å²) in [4.78, 5) is 2.68. The first-order chi connectivity index (χ1) is 9.07. The van der Waals surface area contributed by atoms with E-state index in [1.807, 2.05) is 7.11 Å². The van der Waals surface area contributed by atoms with E-state index in [0.717, 1.165) is 26.1 Å². The highest BCUT2D eigenvalue weighted by Gasteiger charge is 2.36. The predicted molar refractivity (Wildman–Crippen MR) is 87.1 cm³/mol. The highest BCUT2D eigenvalue weighted by atomic mass is 16.5. The van der Waals surface area contributed by atoms with Gasteiger partial charge in [0.2, 0.25) is 0 Å². The van der Waals surface area contributed by atoms with E-state index in [2.05, 4.69) is 58.7 Å². The van der Waals surface area contributed by atoms with E-state index in [1.54, 1.807) is 0 Å². The third kappa shape index (κ3) is 5.01. The van der Waals surface area contributed by atoms with Crippen molar-refractivity contribution in [3.63, 3.8) is 0 Å². The third-order valence-electron chi connectivity index (χ3n) is 4.80. The lowest BCUT2D eigenvalue weighted by atomic mass is 9.82. The van der Waals surface area contributed by atoms with Crippen LogP contribution < -0.4 is 5.32 Å². The standard InChI is InChI=1S/C17H36N2O/c1-13(2)14-12-19(10-9-17(6,7)20-8)15(11-18-14)16(3,4)5/h13-15,18H,9-12H2,1-8H3. The highest BCUT2D eigenvalue weighted by Crippen LogP contribution is 2.28. The fourth-order valence-electron chi connectivity index (χ4n) is 2.90. The van der Waals surface area contributed by atoms with Gasteiger partial charge in [-0.05, 0) is 31.6 Å². The first-order valence-electron chi connectivity index (χ1n) is 8.09. The van der Waals surface area contributed by atoms with Crippen molar-refractivity contribution in [3.05, 3.63) is 0 Å². The van der Waals surface area contributed by atoms with Crippen molar-refractivity contribution in [2.45, 2.75) is 72.6 Å². The van der Waals surface area contributed by atoms with Crippen molar-refractivity contribution in [3.8, 4) is 0 Å². The molecule has 1 heterocycles. The molecule has 0 aromatic carbocycles. The van der Waals surface area contributed by atoms with Gasteiger partial charge >= 0.3 is 0 Å². The van der Waals surface area contributed by atoms with Gasteiger partial charge < -0.3 is 10.1 Å². The molecule has 0 spiro atoms. The predicted octanol–water partition coefficient (Wildman–Crippen LogP) is 3.15. The largest absolute Gasteiger partial charge is 0.379 e. The zero-order valence-corrected chi connectivity index (χ0v) is 14.9. The fourth-order valence-corrected chi connectivity index (χ4v) is 2.90. The van der Waals surface area contributed by atoms with Crippen LogP contribution in [0.15, 0.2) is 0 Å². The maximum atomic E-state index is 5.58. The Balaban J connectivity index is 2.72. The molecule has 0 aromatic heterocycles. The van der Waals surface area contributed by atoms with Gasteiger partial charge in [0.05, 0.1) is 5.60 Å². The van der Waals surface area contributed by atoms with Crippen LogP contribution in [-0.4, -0.2) is 49.3 Å². The first kappa shape index (κ1) is 17.9. The minimum Gasteiger partial charge on any atom is -0.379 e. The van der Waals surface area contributed by atoms with E-state index in [1.165, 1.54) is 0 Å². The summed E-state index contributed by atoms with van der Waals surface area (Å²) in [6, 6.07) is 1.21. The number of methoxy groups -OCH3 is 1. The maximum absolute atomic E-state index is 5.58. The molecule has 1 aliphatic heterocycles. The molecule has 0 aromatic rings. The molecule has 0 saturated carbocycles. The molecule has 1 rings (SSSR count). The molecule has 3 heteroatoms. The Morgan fingerprint density at radius 2 is 1.80 bits per heavy atom. The van der Waals surface area contributed by atoms with Gasteiger partial charge in [0.15, 0.2) is 0 Å².